The highest BCUT2D eigenvalue weighted by molar-refractivity contribution is 9.10. The molecule has 2 aromatic rings. The number of nitrogens with one attached hydrogen (secondary N) is 1. The topological polar surface area (TPSA) is 68.0 Å². The maximum absolute atomic E-state index is 12.4. The van der Waals surface area contributed by atoms with Crippen molar-refractivity contribution in [1.82, 2.24) is 4.98 Å². The lowest BCUT2D eigenvalue weighted by molar-refractivity contribution is -0.116. The number of hydrogen-bond acceptors (Lipinski definition) is 3. The van der Waals surface area contributed by atoms with E-state index in [1.165, 1.54) is 0 Å². The number of rotatable bonds is 4. The van der Waals surface area contributed by atoms with E-state index < -0.39 is 5.92 Å². The molecule has 2 rings (SSSR count). The number of nitrogens with zero attached hydrogens (tertiary/aromatic N) is 1. The average molecular weight is 364 g/mol. The summed E-state index contributed by atoms with van der Waals surface area (Å²) in [7, 11) is 0. The third-order valence-electron chi connectivity index (χ3n) is 2.95. The molecule has 4 nitrogen and oxygen atoms in total. The molecular formula is C15H14BrN3OS. The number of aryl methyl sites for hydroxylation is 1. The van der Waals surface area contributed by atoms with Gasteiger partial charge < -0.3 is 11.1 Å². The van der Waals surface area contributed by atoms with E-state index in [4.69, 9.17) is 18.0 Å². The van der Waals surface area contributed by atoms with Gasteiger partial charge in [0.05, 0.1) is 10.7 Å². The zero-order valence-corrected chi connectivity index (χ0v) is 13.7. The summed E-state index contributed by atoms with van der Waals surface area (Å²) in [4.78, 5) is 16.8. The second kappa shape index (κ2) is 6.78. The molecule has 21 heavy (non-hydrogen) atoms. The zero-order valence-electron chi connectivity index (χ0n) is 11.3. The molecule has 1 amide bonds. The predicted octanol–water partition coefficient (Wildman–Crippen LogP) is 3.16. The van der Waals surface area contributed by atoms with E-state index in [0.717, 1.165) is 15.7 Å². The molecule has 0 fully saturated rings. The van der Waals surface area contributed by atoms with E-state index >= 15 is 0 Å². The SMILES string of the molecule is Cc1nc(NC(=O)C(C(N)=S)c2ccccc2)ccc1Br. The highest BCUT2D eigenvalue weighted by atomic mass is 79.9. The van der Waals surface area contributed by atoms with E-state index in [1.807, 2.05) is 43.3 Å². The second-order valence-corrected chi connectivity index (χ2v) is 5.82. The van der Waals surface area contributed by atoms with Gasteiger partial charge in [0.1, 0.15) is 11.7 Å². The molecule has 1 atom stereocenters. The van der Waals surface area contributed by atoms with Gasteiger partial charge in [-0.05, 0) is 40.5 Å². The Hall–Kier alpha value is -1.79. The standard InChI is InChI=1S/C15H14BrN3OS/c1-9-11(16)7-8-12(18-9)19-15(20)13(14(17)21)10-5-3-2-4-6-10/h2-8,13H,1H3,(H2,17,21)(H,18,19,20). The minimum absolute atomic E-state index is 0.132. The molecule has 0 spiro atoms. The molecule has 0 aliphatic carbocycles. The van der Waals surface area contributed by atoms with Crippen molar-refractivity contribution in [2.45, 2.75) is 12.8 Å². The smallest absolute Gasteiger partial charge is 0.239 e. The van der Waals surface area contributed by atoms with Crippen molar-refractivity contribution in [2.75, 3.05) is 5.32 Å². The molecule has 0 radical (unpaired) electrons. The number of aromatic nitrogens is 1. The maximum atomic E-state index is 12.4. The van der Waals surface area contributed by atoms with Gasteiger partial charge in [0.2, 0.25) is 5.91 Å². The second-order valence-electron chi connectivity index (χ2n) is 4.50. The Morgan fingerprint density at radius 1 is 1.29 bits per heavy atom. The summed E-state index contributed by atoms with van der Waals surface area (Å²) in [5.74, 6) is -0.493. The van der Waals surface area contributed by atoms with Crippen LogP contribution in [0.2, 0.25) is 0 Å². The summed E-state index contributed by atoms with van der Waals surface area (Å²) >= 11 is 8.40. The minimum atomic E-state index is -0.674. The van der Waals surface area contributed by atoms with Crippen molar-refractivity contribution in [3.05, 3.63) is 58.2 Å². The molecule has 3 N–H and O–H groups in total. The monoisotopic (exact) mass is 363 g/mol. The number of thiocarbonyl (C=S) groups is 1. The predicted molar refractivity (Wildman–Crippen MR) is 91.3 cm³/mol. The summed E-state index contributed by atoms with van der Waals surface area (Å²) < 4.78 is 0.884. The first-order valence-corrected chi connectivity index (χ1v) is 7.47. The van der Waals surface area contributed by atoms with Crippen LogP contribution in [0.5, 0.6) is 0 Å². The van der Waals surface area contributed by atoms with E-state index in [0.29, 0.717) is 5.82 Å². The highest BCUT2D eigenvalue weighted by Crippen LogP contribution is 2.20. The molecule has 0 saturated heterocycles. The van der Waals surface area contributed by atoms with Crippen LogP contribution >= 0.6 is 28.1 Å². The Balaban J connectivity index is 2.24. The summed E-state index contributed by atoms with van der Waals surface area (Å²) in [5.41, 5.74) is 7.27. The van der Waals surface area contributed by atoms with Crippen LogP contribution in [0, 0.1) is 6.92 Å². The van der Waals surface area contributed by atoms with E-state index in [-0.39, 0.29) is 10.9 Å². The summed E-state index contributed by atoms with van der Waals surface area (Å²) in [6.45, 7) is 1.85. The molecule has 6 heteroatoms. The Bertz CT molecular complexity index is 676. The minimum Gasteiger partial charge on any atom is -0.392 e. The maximum Gasteiger partial charge on any atom is 0.239 e. The van der Waals surface area contributed by atoms with Crippen LogP contribution in [0.3, 0.4) is 0 Å². The quantitative estimate of drug-likeness (QED) is 0.818. The number of carbonyl (C=O) groups excluding carboxylic acids is 1. The third-order valence-corrected chi connectivity index (χ3v) is 4.03. The molecule has 0 aliphatic heterocycles. The average Bonchev–Trinajstić information content (AvgIpc) is 2.44. The molecule has 0 aliphatic rings. The highest BCUT2D eigenvalue weighted by Gasteiger charge is 2.23. The lowest BCUT2D eigenvalue weighted by atomic mass is 9.98. The van der Waals surface area contributed by atoms with Crippen LogP contribution in [0.15, 0.2) is 46.9 Å². The fourth-order valence-corrected chi connectivity index (χ4v) is 2.37. The van der Waals surface area contributed by atoms with Gasteiger partial charge in [0.25, 0.3) is 0 Å². The number of carbonyl (C=O) groups is 1. The number of amides is 1. The molecular weight excluding hydrogens is 350 g/mol. The summed E-state index contributed by atoms with van der Waals surface area (Å²) in [6.07, 6.45) is 0. The van der Waals surface area contributed by atoms with Crippen LogP contribution in [0.4, 0.5) is 5.82 Å². The van der Waals surface area contributed by atoms with Crippen LogP contribution in [0.25, 0.3) is 0 Å². The van der Waals surface area contributed by atoms with Gasteiger partial charge in [-0.25, -0.2) is 4.98 Å². The van der Waals surface area contributed by atoms with Crippen molar-refractivity contribution in [3.63, 3.8) is 0 Å². The molecule has 108 valence electrons. The Morgan fingerprint density at radius 3 is 2.52 bits per heavy atom. The number of pyridine rings is 1. The Kier molecular flexibility index (Phi) is 5.03. The molecule has 1 unspecified atom stereocenters. The number of nitrogens with two attached hydrogens (primary N) is 1. The van der Waals surface area contributed by atoms with Gasteiger partial charge in [-0.2, -0.15) is 0 Å². The van der Waals surface area contributed by atoms with E-state index in [1.54, 1.807) is 6.07 Å². The summed E-state index contributed by atoms with van der Waals surface area (Å²) in [6, 6.07) is 12.8. The number of anilines is 1. The van der Waals surface area contributed by atoms with Crippen molar-refractivity contribution in [1.29, 1.82) is 0 Å². The number of hydrogen-bond donors (Lipinski definition) is 2. The van der Waals surface area contributed by atoms with Gasteiger partial charge in [0, 0.05) is 4.47 Å². The normalized spacial score (nSPS) is 11.7. The van der Waals surface area contributed by atoms with Gasteiger partial charge in [-0.15, -0.1) is 0 Å². The lowest BCUT2D eigenvalue weighted by Crippen LogP contribution is -2.31. The van der Waals surface area contributed by atoms with Crippen LogP contribution in [-0.4, -0.2) is 15.9 Å². The van der Waals surface area contributed by atoms with Gasteiger partial charge in [-0.3, -0.25) is 4.79 Å². The lowest BCUT2D eigenvalue weighted by Gasteiger charge is -2.15. The van der Waals surface area contributed by atoms with E-state index in [2.05, 4.69) is 26.2 Å². The van der Waals surface area contributed by atoms with Crippen LogP contribution in [0.1, 0.15) is 17.2 Å². The molecule has 1 aromatic heterocycles. The largest absolute Gasteiger partial charge is 0.392 e. The van der Waals surface area contributed by atoms with Crippen molar-refractivity contribution in [3.8, 4) is 0 Å². The van der Waals surface area contributed by atoms with Gasteiger partial charge in [0.15, 0.2) is 0 Å². The van der Waals surface area contributed by atoms with Gasteiger partial charge in [-0.1, -0.05) is 42.5 Å². The first-order chi connectivity index (χ1) is 9.99. The Labute approximate surface area is 136 Å². The fraction of sp³-hybridized carbons (Fsp3) is 0.133. The number of halogens is 1. The molecule has 1 heterocycles. The Morgan fingerprint density at radius 2 is 1.95 bits per heavy atom. The van der Waals surface area contributed by atoms with Crippen LogP contribution < -0.4 is 11.1 Å². The van der Waals surface area contributed by atoms with Crippen molar-refractivity contribution in [2.24, 2.45) is 5.73 Å². The number of benzene rings is 1. The zero-order chi connectivity index (χ0) is 15.4. The molecule has 1 aromatic carbocycles. The third kappa shape index (κ3) is 3.86. The van der Waals surface area contributed by atoms with E-state index in [9.17, 15) is 4.79 Å². The summed E-state index contributed by atoms with van der Waals surface area (Å²) in [5, 5.41) is 2.75. The molecule has 0 bridgehead atoms. The van der Waals surface area contributed by atoms with Crippen molar-refractivity contribution < 1.29 is 4.79 Å². The first-order valence-electron chi connectivity index (χ1n) is 6.27. The molecule has 0 saturated carbocycles. The fourth-order valence-electron chi connectivity index (χ4n) is 1.90. The van der Waals surface area contributed by atoms with Crippen LogP contribution in [-0.2, 0) is 4.79 Å². The van der Waals surface area contributed by atoms with Crippen molar-refractivity contribution >= 4 is 44.9 Å². The van der Waals surface area contributed by atoms with Gasteiger partial charge >= 0.3 is 0 Å². The first kappa shape index (κ1) is 15.6.